The van der Waals surface area contributed by atoms with Crippen molar-refractivity contribution in [2.24, 2.45) is 11.8 Å². The van der Waals surface area contributed by atoms with Crippen LogP contribution in [0.5, 0.6) is 0 Å². The van der Waals surface area contributed by atoms with E-state index < -0.39 is 0 Å². The monoisotopic (exact) mass is 211 g/mol. The summed E-state index contributed by atoms with van der Waals surface area (Å²) in [6.07, 6.45) is 4.89. The molecule has 0 saturated heterocycles. The lowest BCUT2D eigenvalue weighted by molar-refractivity contribution is 0.0490. The van der Waals surface area contributed by atoms with Crippen molar-refractivity contribution in [1.82, 2.24) is 5.32 Å². The first-order chi connectivity index (χ1) is 6.96. The number of hydrogen-bond donors (Lipinski definition) is 1. The summed E-state index contributed by atoms with van der Waals surface area (Å²) < 4.78 is 5.27. The quantitative estimate of drug-likeness (QED) is 0.724. The van der Waals surface area contributed by atoms with Gasteiger partial charge in [-0.2, -0.15) is 0 Å². The van der Waals surface area contributed by atoms with Gasteiger partial charge in [0.2, 0.25) is 0 Å². The maximum atomic E-state index is 11.6. The third-order valence-electron chi connectivity index (χ3n) is 3.52. The molecule has 15 heavy (non-hydrogen) atoms. The summed E-state index contributed by atoms with van der Waals surface area (Å²) in [7, 11) is 0. The summed E-state index contributed by atoms with van der Waals surface area (Å²) in [5.74, 6) is 1.42. The molecule has 2 saturated carbocycles. The summed E-state index contributed by atoms with van der Waals surface area (Å²) in [4.78, 5) is 11.6. The molecule has 0 aromatic heterocycles. The Morgan fingerprint density at radius 3 is 2.00 bits per heavy atom. The van der Waals surface area contributed by atoms with Gasteiger partial charge < -0.3 is 10.1 Å². The molecule has 2 bridgehead atoms. The van der Waals surface area contributed by atoms with E-state index in [0.717, 1.165) is 0 Å². The van der Waals surface area contributed by atoms with E-state index in [1.807, 2.05) is 20.8 Å². The Bertz CT molecular complexity index is 237. The van der Waals surface area contributed by atoms with Crippen LogP contribution in [0.3, 0.4) is 0 Å². The summed E-state index contributed by atoms with van der Waals surface area (Å²) in [5, 5.41) is 3.04. The SMILES string of the molecule is CC(C)(C)OC(=O)NC1C2CCC1CC2. The second kappa shape index (κ2) is 3.69. The molecule has 86 valence electrons. The van der Waals surface area contributed by atoms with Crippen LogP contribution in [0.15, 0.2) is 0 Å². The van der Waals surface area contributed by atoms with E-state index in [0.29, 0.717) is 17.9 Å². The fourth-order valence-electron chi connectivity index (χ4n) is 2.93. The van der Waals surface area contributed by atoms with Crippen molar-refractivity contribution in [3.63, 3.8) is 0 Å². The molecule has 0 heterocycles. The van der Waals surface area contributed by atoms with Gasteiger partial charge in [-0.3, -0.25) is 0 Å². The zero-order valence-corrected chi connectivity index (χ0v) is 9.88. The molecular formula is C12H21NO2. The first-order valence-corrected chi connectivity index (χ1v) is 5.95. The van der Waals surface area contributed by atoms with Gasteiger partial charge in [0, 0.05) is 6.04 Å². The molecule has 2 rings (SSSR count). The molecule has 3 heteroatoms. The molecule has 1 amide bonds. The fourth-order valence-corrected chi connectivity index (χ4v) is 2.93. The standard InChI is InChI=1S/C12H21NO2/c1-12(2,3)15-11(14)13-10-8-4-5-9(10)7-6-8/h8-10H,4-7H2,1-3H3,(H,13,14). The third-order valence-corrected chi connectivity index (χ3v) is 3.52. The van der Waals surface area contributed by atoms with E-state index in [4.69, 9.17) is 4.74 Å². The lowest BCUT2D eigenvalue weighted by atomic mass is 10.0. The Morgan fingerprint density at radius 1 is 1.13 bits per heavy atom. The highest BCUT2D eigenvalue weighted by Gasteiger charge is 2.42. The number of alkyl carbamates (subject to hydrolysis) is 1. The summed E-state index contributed by atoms with van der Waals surface area (Å²) >= 11 is 0. The number of nitrogens with one attached hydrogen (secondary N) is 1. The number of ether oxygens (including phenoxy) is 1. The van der Waals surface area contributed by atoms with Crippen LogP contribution in [0, 0.1) is 11.8 Å². The average Bonchev–Trinajstić information content (AvgIpc) is 2.61. The number of amides is 1. The second-order valence-electron chi connectivity index (χ2n) is 5.85. The minimum atomic E-state index is -0.387. The highest BCUT2D eigenvalue weighted by molar-refractivity contribution is 5.68. The van der Waals surface area contributed by atoms with Gasteiger partial charge in [-0.1, -0.05) is 0 Å². The van der Waals surface area contributed by atoms with Crippen LogP contribution in [-0.2, 0) is 4.74 Å². The van der Waals surface area contributed by atoms with Gasteiger partial charge in [-0.25, -0.2) is 4.79 Å². The van der Waals surface area contributed by atoms with Crippen molar-refractivity contribution in [2.45, 2.75) is 58.1 Å². The molecule has 2 aliphatic carbocycles. The molecule has 0 unspecified atom stereocenters. The minimum absolute atomic E-state index is 0.244. The molecule has 1 N–H and O–H groups in total. The van der Waals surface area contributed by atoms with E-state index in [9.17, 15) is 4.79 Å². The molecular weight excluding hydrogens is 190 g/mol. The van der Waals surface area contributed by atoms with Crippen molar-refractivity contribution in [1.29, 1.82) is 0 Å². The Balaban J connectivity index is 1.85. The molecule has 0 aromatic carbocycles. The molecule has 2 aliphatic rings. The average molecular weight is 211 g/mol. The molecule has 0 aliphatic heterocycles. The highest BCUT2D eigenvalue weighted by atomic mass is 16.6. The molecule has 0 spiro atoms. The maximum Gasteiger partial charge on any atom is 0.407 e. The van der Waals surface area contributed by atoms with Crippen molar-refractivity contribution >= 4 is 6.09 Å². The smallest absolute Gasteiger partial charge is 0.407 e. The first kappa shape index (κ1) is 10.8. The fraction of sp³-hybridized carbons (Fsp3) is 0.917. The van der Waals surface area contributed by atoms with Gasteiger partial charge in [-0.15, -0.1) is 0 Å². The maximum absolute atomic E-state index is 11.6. The molecule has 0 radical (unpaired) electrons. The van der Waals surface area contributed by atoms with Crippen LogP contribution in [0.4, 0.5) is 4.79 Å². The zero-order valence-electron chi connectivity index (χ0n) is 9.88. The van der Waals surface area contributed by atoms with E-state index >= 15 is 0 Å². The predicted octanol–water partition coefficient (Wildman–Crippen LogP) is 2.70. The lowest BCUT2D eigenvalue weighted by Crippen LogP contribution is -2.41. The van der Waals surface area contributed by atoms with Crippen LogP contribution >= 0.6 is 0 Å². The van der Waals surface area contributed by atoms with E-state index in [1.165, 1.54) is 25.7 Å². The molecule has 0 aromatic rings. The number of carbonyl (C=O) groups is 1. The third kappa shape index (κ3) is 2.44. The Hall–Kier alpha value is -0.730. The normalized spacial score (nSPS) is 34.2. The van der Waals surface area contributed by atoms with Gasteiger partial charge in [0.1, 0.15) is 5.60 Å². The van der Waals surface area contributed by atoms with Crippen molar-refractivity contribution in [3.05, 3.63) is 0 Å². The second-order valence-corrected chi connectivity index (χ2v) is 5.85. The number of hydrogen-bond acceptors (Lipinski definition) is 2. The van der Waals surface area contributed by atoms with Gasteiger partial charge >= 0.3 is 6.09 Å². The summed E-state index contributed by atoms with van der Waals surface area (Å²) in [6.45, 7) is 5.70. The Labute approximate surface area is 91.6 Å². The Morgan fingerprint density at radius 2 is 1.60 bits per heavy atom. The largest absolute Gasteiger partial charge is 0.444 e. The van der Waals surface area contributed by atoms with E-state index in [2.05, 4.69) is 5.32 Å². The number of rotatable bonds is 1. The number of fused-ring (bicyclic) bond motifs is 2. The van der Waals surface area contributed by atoms with Crippen molar-refractivity contribution in [2.75, 3.05) is 0 Å². The van der Waals surface area contributed by atoms with Crippen molar-refractivity contribution in [3.8, 4) is 0 Å². The van der Waals surface area contributed by atoms with Gasteiger partial charge in [0.05, 0.1) is 0 Å². The highest BCUT2D eigenvalue weighted by Crippen LogP contribution is 2.44. The number of carbonyl (C=O) groups excluding carboxylic acids is 1. The van der Waals surface area contributed by atoms with Crippen LogP contribution in [0.1, 0.15) is 46.5 Å². The van der Waals surface area contributed by atoms with E-state index in [-0.39, 0.29) is 11.7 Å². The predicted molar refractivity (Wildman–Crippen MR) is 58.6 cm³/mol. The van der Waals surface area contributed by atoms with Crippen LogP contribution in [-0.4, -0.2) is 17.7 Å². The van der Waals surface area contributed by atoms with Gasteiger partial charge in [0.25, 0.3) is 0 Å². The first-order valence-electron chi connectivity index (χ1n) is 5.95. The topological polar surface area (TPSA) is 38.3 Å². The van der Waals surface area contributed by atoms with Crippen LogP contribution in [0.25, 0.3) is 0 Å². The minimum Gasteiger partial charge on any atom is -0.444 e. The summed E-state index contributed by atoms with van der Waals surface area (Å²) in [6, 6.07) is 0.389. The van der Waals surface area contributed by atoms with Crippen LogP contribution < -0.4 is 5.32 Å². The van der Waals surface area contributed by atoms with Crippen LogP contribution in [0.2, 0.25) is 0 Å². The van der Waals surface area contributed by atoms with E-state index in [1.54, 1.807) is 0 Å². The van der Waals surface area contributed by atoms with Gasteiger partial charge in [0.15, 0.2) is 0 Å². The summed E-state index contributed by atoms with van der Waals surface area (Å²) in [5.41, 5.74) is -0.387. The van der Waals surface area contributed by atoms with Gasteiger partial charge in [-0.05, 0) is 58.3 Å². The lowest BCUT2D eigenvalue weighted by Gasteiger charge is -2.23. The molecule has 0 atom stereocenters. The molecule has 2 fully saturated rings. The Kier molecular flexibility index (Phi) is 2.65. The molecule has 3 nitrogen and oxygen atoms in total. The van der Waals surface area contributed by atoms with Crippen molar-refractivity contribution < 1.29 is 9.53 Å². The zero-order chi connectivity index (χ0) is 11.1.